The molecular formula is C19H25ClN2O6. The number of carbonyl (C=O) groups excluding carboxylic acids is 3. The van der Waals surface area contributed by atoms with Crippen LogP contribution < -0.4 is 5.43 Å². The molecule has 0 atom stereocenters. The van der Waals surface area contributed by atoms with E-state index in [9.17, 15) is 14.4 Å². The molecule has 0 heterocycles. The molecule has 0 bridgehead atoms. The van der Waals surface area contributed by atoms with Crippen LogP contribution in [0, 0.1) is 0 Å². The summed E-state index contributed by atoms with van der Waals surface area (Å²) in [6.07, 6.45) is -1.01. The Balaban J connectivity index is 3.12. The first-order valence-corrected chi connectivity index (χ1v) is 9.00. The Kier molecular flexibility index (Phi) is 9.31. The Morgan fingerprint density at radius 2 is 1.64 bits per heavy atom. The van der Waals surface area contributed by atoms with Crippen molar-refractivity contribution < 1.29 is 28.6 Å². The molecule has 1 aromatic rings. The van der Waals surface area contributed by atoms with Gasteiger partial charge in [0.15, 0.2) is 0 Å². The minimum atomic E-state index is -0.855. The number of ether oxygens (including phenoxy) is 3. The highest BCUT2D eigenvalue weighted by Crippen LogP contribution is 2.14. The molecule has 8 nitrogen and oxygen atoms in total. The Morgan fingerprint density at radius 3 is 2.14 bits per heavy atom. The van der Waals surface area contributed by atoms with Crippen LogP contribution in [0.5, 0.6) is 0 Å². The molecule has 1 rings (SSSR count). The molecule has 28 heavy (non-hydrogen) atoms. The van der Waals surface area contributed by atoms with Crippen molar-refractivity contribution in [3.63, 3.8) is 0 Å². The van der Waals surface area contributed by atoms with Gasteiger partial charge in [-0.3, -0.25) is 0 Å². The molecular weight excluding hydrogens is 388 g/mol. The molecule has 0 fully saturated rings. The molecule has 1 N–H and O–H groups in total. The van der Waals surface area contributed by atoms with Crippen LogP contribution in [0.4, 0.5) is 9.59 Å². The standard InChI is InChI=1S/C19H25ClN2O6/c1-12(2)27-18(24)21-22(19(25)28-13(3)4)11-15(17(23)26-5)10-14-6-8-16(20)9-7-14/h6-10,12-13H,11H2,1-5H3,(H,21,24)/b15-10-. The first-order valence-electron chi connectivity index (χ1n) is 8.62. The lowest BCUT2D eigenvalue weighted by molar-refractivity contribution is -0.136. The van der Waals surface area contributed by atoms with Crippen molar-refractivity contribution >= 4 is 35.8 Å². The fourth-order valence-electron chi connectivity index (χ4n) is 2.00. The third kappa shape index (κ3) is 8.30. The lowest BCUT2D eigenvalue weighted by Gasteiger charge is -2.24. The van der Waals surface area contributed by atoms with E-state index in [1.807, 2.05) is 0 Å². The summed E-state index contributed by atoms with van der Waals surface area (Å²) >= 11 is 5.87. The summed E-state index contributed by atoms with van der Waals surface area (Å²) in [5.41, 5.74) is 3.05. The fourth-order valence-corrected chi connectivity index (χ4v) is 2.12. The first-order chi connectivity index (χ1) is 13.1. The molecule has 0 unspecified atom stereocenters. The third-order valence-electron chi connectivity index (χ3n) is 3.11. The van der Waals surface area contributed by atoms with E-state index in [-0.39, 0.29) is 12.1 Å². The average Bonchev–Trinajstić information content (AvgIpc) is 2.60. The zero-order chi connectivity index (χ0) is 21.3. The number of nitrogens with zero attached hydrogens (tertiary/aromatic N) is 1. The quantitative estimate of drug-likeness (QED) is 0.330. The third-order valence-corrected chi connectivity index (χ3v) is 3.36. The molecule has 0 aliphatic carbocycles. The van der Waals surface area contributed by atoms with Crippen LogP contribution in [-0.2, 0) is 19.0 Å². The van der Waals surface area contributed by atoms with Crippen molar-refractivity contribution in [2.24, 2.45) is 0 Å². The number of halogens is 1. The van der Waals surface area contributed by atoms with Crippen LogP contribution in [0.15, 0.2) is 29.8 Å². The van der Waals surface area contributed by atoms with Gasteiger partial charge in [-0.2, -0.15) is 0 Å². The van der Waals surface area contributed by atoms with Crippen LogP contribution in [0.25, 0.3) is 6.08 Å². The second-order valence-electron chi connectivity index (χ2n) is 6.30. The minimum absolute atomic E-state index is 0.107. The highest BCUT2D eigenvalue weighted by Gasteiger charge is 2.24. The van der Waals surface area contributed by atoms with E-state index in [4.69, 9.17) is 25.8 Å². The first kappa shape index (κ1) is 23.3. The lowest BCUT2D eigenvalue weighted by atomic mass is 10.1. The maximum atomic E-state index is 12.4. The summed E-state index contributed by atoms with van der Waals surface area (Å²) in [7, 11) is 1.22. The Labute approximate surface area is 169 Å². The van der Waals surface area contributed by atoms with Crippen molar-refractivity contribution in [3.05, 3.63) is 40.4 Å². The fraction of sp³-hybridized carbons (Fsp3) is 0.421. The average molecular weight is 413 g/mol. The predicted molar refractivity (Wildman–Crippen MR) is 105 cm³/mol. The number of hydrogen-bond donors (Lipinski definition) is 1. The van der Waals surface area contributed by atoms with Crippen molar-refractivity contribution in [1.82, 2.24) is 10.4 Å². The summed E-state index contributed by atoms with van der Waals surface area (Å²) in [5, 5.41) is 1.39. The molecule has 2 amide bonds. The molecule has 154 valence electrons. The summed E-state index contributed by atoms with van der Waals surface area (Å²) in [5.74, 6) is -0.670. The number of benzene rings is 1. The second kappa shape index (κ2) is 11.2. The SMILES string of the molecule is COC(=O)/C(=C\c1ccc(Cl)cc1)CN(NC(=O)OC(C)C)C(=O)OC(C)C. The van der Waals surface area contributed by atoms with Gasteiger partial charge in [-0.25, -0.2) is 24.8 Å². The van der Waals surface area contributed by atoms with E-state index < -0.39 is 30.4 Å². The van der Waals surface area contributed by atoms with Crippen LogP contribution in [0.1, 0.15) is 33.3 Å². The van der Waals surface area contributed by atoms with Crippen molar-refractivity contribution in [3.8, 4) is 0 Å². The number of nitrogens with one attached hydrogen (secondary N) is 1. The molecule has 1 aromatic carbocycles. The van der Waals surface area contributed by atoms with Gasteiger partial charge in [0.2, 0.25) is 0 Å². The molecule has 0 spiro atoms. The maximum absolute atomic E-state index is 12.4. The van der Waals surface area contributed by atoms with Gasteiger partial charge in [0.05, 0.1) is 31.4 Å². The van der Waals surface area contributed by atoms with Gasteiger partial charge < -0.3 is 14.2 Å². The number of carbonyl (C=O) groups is 3. The van der Waals surface area contributed by atoms with Crippen molar-refractivity contribution in [1.29, 1.82) is 0 Å². The number of esters is 1. The molecule has 0 aromatic heterocycles. The van der Waals surface area contributed by atoms with Gasteiger partial charge in [-0.05, 0) is 51.5 Å². The van der Waals surface area contributed by atoms with E-state index in [2.05, 4.69) is 5.43 Å². The van der Waals surface area contributed by atoms with Crippen molar-refractivity contribution in [2.45, 2.75) is 39.9 Å². The Hall–Kier alpha value is -2.74. The number of methoxy groups -OCH3 is 1. The lowest BCUT2D eigenvalue weighted by Crippen LogP contribution is -2.49. The summed E-state index contributed by atoms with van der Waals surface area (Å²) < 4.78 is 14.9. The van der Waals surface area contributed by atoms with Crippen molar-refractivity contribution in [2.75, 3.05) is 13.7 Å². The smallest absolute Gasteiger partial charge is 0.429 e. The molecule has 0 aliphatic heterocycles. The highest BCUT2D eigenvalue weighted by molar-refractivity contribution is 6.30. The largest absolute Gasteiger partial charge is 0.466 e. The van der Waals surface area contributed by atoms with E-state index in [0.717, 1.165) is 5.01 Å². The maximum Gasteiger partial charge on any atom is 0.429 e. The van der Waals surface area contributed by atoms with E-state index >= 15 is 0 Å². The second-order valence-corrected chi connectivity index (χ2v) is 6.73. The van der Waals surface area contributed by atoms with Crippen LogP contribution in [0.3, 0.4) is 0 Å². The Bertz CT molecular complexity index is 716. The molecule has 0 saturated carbocycles. The van der Waals surface area contributed by atoms with E-state index in [1.165, 1.54) is 13.2 Å². The van der Waals surface area contributed by atoms with Gasteiger partial charge in [-0.1, -0.05) is 23.7 Å². The van der Waals surface area contributed by atoms with Crippen LogP contribution >= 0.6 is 11.6 Å². The predicted octanol–water partition coefficient (Wildman–Crippen LogP) is 3.79. The normalized spacial score (nSPS) is 11.2. The van der Waals surface area contributed by atoms with Gasteiger partial charge in [0.25, 0.3) is 0 Å². The summed E-state index contributed by atoms with van der Waals surface area (Å²) in [6, 6.07) is 6.71. The highest BCUT2D eigenvalue weighted by atomic mass is 35.5. The number of amides is 2. The topological polar surface area (TPSA) is 94.2 Å². The van der Waals surface area contributed by atoms with E-state index in [1.54, 1.807) is 52.0 Å². The zero-order valence-corrected chi connectivity index (χ0v) is 17.3. The number of rotatable bonds is 6. The monoisotopic (exact) mass is 412 g/mol. The Morgan fingerprint density at radius 1 is 1.07 bits per heavy atom. The van der Waals surface area contributed by atoms with Gasteiger partial charge in [0.1, 0.15) is 0 Å². The summed E-state index contributed by atoms with van der Waals surface area (Å²) in [4.78, 5) is 36.5. The van der Waals surface area contributed by atoms with Gasteiger partial charge in [0, 0.05) is 5.02 Å². The van der Waals surface area contributed by atoms with Crippen LogP contribution in [0.2, 0.25) is 5.02 Å². The summed E-state index contributed by atoms with van der Waals surface area (Å²) in [6.45, 7) is 6.35. The van der Waals surface area contributed by atoms with Crippen LogP contribution in [-0.4, -0.2) is 49.0 Å². The minimum Gasteiger partial charge on any atom is -0.466 e. The van der Waals surface area contributed by atoms with Gasteiger partial charge in [-0.15, -0.1) is 0 Å². The number of hydrazine groups is 1. The number of hydrogen-bond acceptors (Lipinski definition) is 6. The van der Waals surface area contributed by atoms with Gasteiger partial charge >= 0.3 is 18.2 Å². The molecule has 9 heteroatoms. The van der Waals surface area contributed by atoms with E-state index in [0.29, 0.717) is 10.6 Å². The molecule has 0 saturated heterocycles. The molecule has 0 aliphatic rings. The molecule has 0 radical (unpaired) electrons. The zero-order valence-electron chi connectivity index (χ0n) is 16.5.